The first-order valence-electron chi connectivity index (χ1n) is 17.2. The Labute approximate surface area is 290 Å². The minimum absolute atomic E-state index is 0.00556. The predicted octanol–water partition coefficient (Wildman–Crippen LogP) is 2.85. The Bertz CT molecular complexity index is 1080. The maximum atomic E-state index is 12.8. The second-order valence-electron chi connectivity index (χ2n) is 13.4. The monoisotopic (exact) mass is 665 g/mol. The third-order valence-electron chi connectivity index (χ3n) is 7.87. The summed E-state index contributed by atoms with van der Waals surface area (Å²) in [6.45, 7) is 5.56. The van der Waals surface area contributed by atoms with Gasteiger partial charge in [-0.3, -0.25) is 38.5 Å². The average Bonchev–Trinajstić information content (AvgIpc) is 3.02. The summed E-state index contributed by atoms with van der Waals surface area (Å²) in [7, 11) is 15.7. The molecule has 11 nitrogen and oxygen atoms in total. The highest BCUT2D eigenvalue weighted by Gasteiger charge is 2.22. The number of hydrogen-bond donors (Lipinski definition) is 2. The van der Waals surface area contributed by atoms with Gasteiger partial charge in [-0.15, -0.1) is 0 Å². The van der Waals surface area contributed by atoms with Gasteiger partial charge in [0.1, 0.15) is 34.7 Å². The van der Waals surface area contributed by atoms with Crippen LogP contribution in [0.25, 0.3) is 0 Å². The first-order valence-corrected chi connectivity index (χ1v) is 17.2. The molecule has 0 unspecified atom stereocenters. The van der Waals surface area contributed by atoms with Gasteiger partial charge in [-0.2, -0.15) is 0 Å². The number of carbonyl (C=O) groups excluding carboxylic acids is 8. The summed E-state index contributed by atoms with van der Waals surface area (Å²) in [5, 5.41) is 4.38. The van der Waals surface area contributed by atoms with Crippen LogP contribution in [-0.2, 0) is 38.4 Å². The van der Waals surface area contributed by atoms with E-state index >= 15 is 0 Å². The third kappa shape index (κ3) is 23.4. The number of carbonyl (C=O) groups is 8. The molecule has 0 heterocycles. The molecule has 0 bridgehead atoms. The molecule has 0 fully saturated rings. The number of nitrogens with zero attached hydrogens (tertiary/aromatic N) is 1. The molecule has 6 radical (unpaired) electrons. The zero-order valence-electron chi connectivity index (χ0n) is 29.4. The van der Waals surface area contributed by atoms with Crippen LogP contribution in [0.4, 0.5) is 0 Å². The second-order valence-corrected chi connectivity index (χ2v) is 13.4. The third-order valence-corrected chi connectivity index (χ3v) is 7.87. The molecule has 48 heavy (non-hydrogen) atoms. The Hall–Kier alpha value is -2.89. The van der Waals surface area contributed by atoms with Crippen molar-refractivity contribution in [3.63, 3.8) is 0 Å². The number of rotatable bonds is 30. The summed E-state index contributed by atoms with van der Waals surface area (Å²) >= 11 is 0. The van der Waals surface area contributed by atoms with Crippen LogP contribution >= 0.6 is 0 Å². The summed E-state index contributed by atoms with van der Waals surface area (Å²) in [6, 6.07) is -1.09. The van der Waals surface area contributed by atoms with Crippen molar-refractivity contribution in [2.24, 2.45) is 5.41 Å². The minimum atomic E-state index is -1.09. The maximum Gasteiger partial charge on any atom is 0.226 e. The zero-order chi connectivity index (χ0) is 36.5. The van der Waals surface area contributed by atoms with Crippen molar-refractivity contribution < 1.29 is 38.4 Å². The van der Waals surface area contributed by atoms with Crippen molar-refractivity contribution in [2.75, 3.05) is 19.6 Å². The number of hydrogen-bond acceptors (Lipinski definition) is 9. The van der Waals surface area contributed by atoms with Crippen LogP contribution < -0.4 is 10.5 Å². The normalized spacial score (nSPS) is 11.9. The fourth-order valence-corrected chi connectivity index (χ4v) is 4.92. The molecule has 0 aromatic rings. The molecule has 0 aliphatic heterocycles. The van der Waals surface area contributed by atoms with Crippen molar-refractivity contribution in [2.45, 2.75) is 142 Å². The zero-order valence-corrected chi connectivity index (χ0v) is 29.4. The topological polar surface area (TPSA) is 164 Å². The molecular weight excluding hydrogens is 611 g/mol. The highest BCUT2D eigenvalue weighted by molar-refractivity contribution is 6.22. The van der Waals surface area contributed by atoms with E-state index in [1.54, 1.807) is 4.90 Å². The van der Waals surface area contributed by atoms with Gasteiger partial charge in [0.05, 0.1) is 47.8 Å². The van der Waals surface area contributed by atoms with Gasteiger partial charge in [-0.1, -0.05) is 40.0 Å². The van der Waals surface area contributed by atoms with Gasteiger partial charge in [0.2, 0.25) is 19.8 Å². The lowest BCUT2D eigenvalue weighted by molar-refractivity contribution is -0.129. The summed E-state index contributed by atoms with van der Waals surface area (Å²) < 4.78 is 0. The van der Waals surface area contributed by atoms with E-state index < -0.39 is 23.6 Å². The summed E-state index contributed by atoms with van der Waals surface area (Å²) in [4.78, 5) is 99.2. The molecule has 2 N–H and O–H groups in total. The smallest absolute Gasteiger partial charge is 0.226 e. The predicted molar refractivity (Wildman–Crippen MR) is 187 cm³/mol. The summed E-state index contributed by atoms with van der Waals surface area (Å²) in [6.07, 6.45) is 6.73. The van der Waals surface area contributed by atoms with Crippen molar-refractivity contribution in [3.8, 4) is 0 Å². The van der Waals surface area contributed by atoms with Crippen LogP contribution in [0.2, 0.25) is 12.6 Å². The highest BCUT2D eigenvalue weighted by atomic mass is 16.2. The SMILES string of the molecule is [B]CC(=O)CCCCCC(=O)CN(CC(=O)CCCCCCC(=O)C(C)(C)C)CC(=O)CCCCC(=O)N[C@@H](CC(=O)N[B])C(=O)C[B]. The fourth-order valence-electron chi connectivity index (χ4n) is 4.92. The molecule has 0 aromatic carbocycles. The Balaban J connectivity index is 4.87. The molecule has 0 saturated heterocycles. The molecule has 262 valence electrons. The second kappa shape index (κ2) is 26.0. The van der Waals surface area contributed by atoms with Crippen molar-refractivity contribution in [1.82, 2.24) is 15.4 Å². The number of unbranched alkanes of at least 4 members (excludes halogenated alkanes) is 6. The van der Waals surface area contributed by atoms with Crippen LogP contribution in [0.1, 0.15) is 124 Å². The van der Waals surface area contributed by atoms with E-state index in [1.165, 1.54) is 0 Å². The Kier molecular flexibility index (Phi) is 24.5. The number of ketones is 6. The molecule has 1 atom stereocenters. The quantitative estimate of drug-likeness (QED) is 0.0868. The molecule has 14 heteroatoms. The van der Waals surface area contributed by atoms with Crippen LogP contribution in [0.3, 0.4) is 0 Å². The van der Waals surface area contributed by atoms with E-state index in [-0.39, 0.29) is 92.3 Å². The first-order chi connectivity index (χ1) is 22.6. The lowest BCUT2D eigenvalue weighted by Crippen LogP contribution is -2.43. The number of Topliss-reactive ketones (excluding diaryl/α,β-unsaturated/α-hetero) is 6. The fraction of sp³-hybridized carbons (Fsp3) is 0.765. The lowest BCUT2D eigenvalue weighted by atomic mass is 9.88. The van der Waals surface area contributed by atoms with Gasteiger partial charge < -0.3 is 15.3 Å². The number of amides is 2. The Morgan fingerprint density at radius 1 is 0.562 bits per heavy atom. The molecule has 0 aliphatic rings. The highest BCUT2D eigenvalue weighted by Crippen LogP contribution is 2.19. The molecule has 0 rings (SSSR count). The molecule has 0 saturated carbocycles. The van der Waals surface area contributed by atoms with E-state index in [1.807, 2.05) is 26.0 Å². The van der Waals surface area contributed by atoms with Crippen LogP contribution in [0.15, 0.2) is 0 Å². The Morgan fingerprint density at radius 2 is 0.979 bits per heavy atom. The summed E-state index contributed by atoms with van der Waals surface area (Å²) in [5.41, 5.74) is -0.354. The number of nitrogens with one attached hydrogen (secondary N) is 2. The van der Waals surface area contributed by atoms with E-state index in [9.17, 15) is 38.4 Å². The van der Waals surface area contributed by atoms with E-state index in [0.29, 0.717) is 57.8 Å². The van der Waals surface area contributed by atoms with Gasteiger partial charge in [0, 0.05) is 43.9 Å². The van der Waals surface area contributed by atoms with Crippen molar-refractivity contribution in [1.29, 1.82) is 0 Å². The van der Waals surface area contributed by atoms with Gasteiger partial charge in [0.15, 0.2) is 0 Å². The van der Waals surface area contributed by atoms with Gasteiger partial charge in [-0.25, -0.2) is 0 Å². The lowest BCUT2D eigenvalue weighted by Gasteiger charge is -2.20. The van der Waals surface area contributed by atoms with E-state index in [2.05, 4.69) is 5.32 Å². The van der Waals surface area contributed by atoms with Gasteiger partial charge in [-0.05, 0) is 51.2 Å². The van der Waals surface area contributed by atoms with Crippen LogP contribution in [0, 0.1) is 5.41 Å². The van der Waals surface area contributed by atoms with Crippen molar-refractivity contribution >= 4 is 70.2 Å². The molecular formula is C34H54B3N3O8. The van der Waals surface area contributed by atoms with Crippen LogP contribution in [-0.4, -0.2) is 101 Å². The minimum Gasteiger partial charge on any atom is -0.409 e. The van der Waals surface area contributed by atoms with E-state index in [0.717, 1.165) is 19.3 Å². The van der Waals surface area contributed by atoms with Crippen LogP contribution in [0.5, 0.6) is 0 Å². The van der Waals surface area contributed by atoms with Gasteiger partial charge in [0.25, 0.3) is 0 Å². The molecule has 0 spiro atoms. The standard InChI is InChI=1S/C34H54B3N3O8/c1-34(2,3)31(46)17-10-5-4-7-14-26(42)22-40(23-27(43)15-9-6-8-13-25(41)20-35)24-28(44)16-11-12-18-32(47)38-29(30(45)21-36)19-33(48)39-37/h29H,4-24H2,1-3H3,(H,38,47)(H,39,48)/t29-/m0/s1. The summed E-state index contributed by atoms with van der Waals surface area (Å²) in [5.74, 6) is -1.74. The van der Waals surface area contributed by atoms with E-state index in [4.69, 9.17) is 23.7 Å². The largest absolute Gasteiger partial charge is 0.409 e. The molecule has 0 aliphatic carbocycles. The Morgan fingerprint density at radius 3 is 1.42 bits per heavy atom. The first kappa shape index (κ1) is 45.1. The molecule has 2 amide bonds. The van der Waals surface area contributed by atoms with Gasteiger partial charge >= 0.3 is 0 Å². The van der Waals surface area contributed by atoms with Crippen molar-refractivity contribution in [3.05, 3.63) is 0 Å². The average molecular weight is 665 g/mol. The molecule has 0 aromatic heterocycles. The maximum absolute atomic E-state index is 12.8.